The van der Waals surface area contributed by atoms with Crippen LogP contribution in [0, 0.1) is 0 Å². The molecule has 2 N–H and O–H groups in total. The third kappa shape index (κ3) is 11.2. The molecular formula is C11H26N2O2. The number of hydrogen-bond donors (Lipinski definition) is 1. The normalized spacial score (nSPS) is 10.1. The van der Waals surface area contributed by atoms with Gasteiger partial charge >= 0.3 is 6.09 Å². The highest BCUT2D eigenvalue weighted by molar-refractivity contribution is 5.67. The molecule has 0 aromatic rings. The maximum absolute atomic E-state index is 11.4. The van der Waals surface area contributed by atoms with Gasteiger partial charge in [0.05, 0.1) is 0 Å². The Bertz CT molecular complexity index is 164. The molecule has 0 aromatic carbocycles. The second kappa shape index (κ2) is 8.53. The maximum Gasteiger partial charge on any atom is 0.410 e. The highest BCUT2D eigenvalue weighted by Gasteiger charge is 2.18. The van der Waals surface area contributed by atoms with Crippen molar-refractivity contribution < 1.29 is 9.53 Å². The van der Waals surface area contributed by atoms with Gasteiger partial charge in [-0.1, -0.05) is 13.3 Å². The molecule has 0 fully saturated rings. The van der Waals surface area contributed by atoms with Crippen LogP contribution in [0.15, 0.2) is 0 Å². The zero-order valence-corrected chi connectivity index (χ0v) is 11.0. The van der Waals surface area contributed by atoms with Crippen LogP contribution in [0.1, 0.15) is 40.5 Å². The molecule has 0 aliphatic carbocycles. The van der Waals surface area contributed by atoms with Crippen molar-refractivity contribution in [2.45, 2.75) is 46.1 Å². The van der Waals surface area contributed by atoms with Crippen molar-refractivity contribution >= 4 is 6.09 Å². The number of carbonyl (C=O) groups excluding carboxylic acids is 1. The van der Waals surface area contributed by atoms with Crippen molar-refractivity contribution in [3.8, 4) is 0 Å². The van der Waals surface area contributed by atoms with Crippen molar-refractivity contribution in [2.24, 2.45) is 5.73 Å². The fourth-order valence-electron chi connectivity index (χ4n) is 0.826. The summed E-state index contributed by atoms with van der Waals surface area (Å²) in [4.78, 5) is 13.0. The van der Waals surface area contributed by atoms with E-state index in [2.05, 4.69) is 12.7 Å². The van der Waals surface area contributed by atoms with Crippen molar-refractivity contribution in [3.05, 3.63) is 0 Å². The first-order chi connectivity index (χ1) is 6.87. The number of unbranched alkanes of at least 4 members (excludes halogenated alkanes) is 1. The minimum atomic E-state index is -0.391. The first-order valence-electron chi connectivity index (χ1n) is 5.38. The van der Waals surface area contributed by atoms with Crippen LogP contribution in [0.25, 0.3) is 0 Å². The Morgan fingerprint density at radius 2 is 1.80 bits per heavy atom. The average molecular weight is 218 g/mol. The fraction of sp³-hybridized carbons (Fsp3) is 0.909. The first kappa shape index (κ1) is 16.7. The molecule has 0 radical (unpaired) electrons. The predicted molar refractivity (Wildman–Crippen MR) is 63.9 cm³/mol. The SMILES string of the molecule is CCCCN(C)C(=O)OC(C)(C)C.CN. The van der Waals surface area contributed by atoms with Gasteiger partial charge in [-0.3, -0.25) is 0 Å². The van der Waals surface area contributed by atoms with E-state index in [1.807, 2.05) is 20.8 Å². The van der Waals surface area contributed by atoms with Gasteiger partial charge in [0.1, 0.15) is 5.60 Å². The minimum Gasteiger partial charge on any atom is -0.444 e. The average Bonchev–Trinajstić information content (AvgIpc) is 2.14. The molecule has 4 nitrogen and oxygen atoms in total. The molecule has 0 spiro atoms. The Labute approximate surface area is 93.8 Å². The van der Waals surface area contributed by atoms with Gasteiger partial charge in [0.2, 0.25) is 0 Å². The summed E-state index contributed by atoms with van der Waals surface area (Å²) in [7, 11) is 3.27. The number of nitrogens with two attached hydrogens (primary N) is 1. The van der Waals surface area contributed by atoms with Gasteiger partial charge in [-0.15, -0.1) is 0 Å². The predicted octanol–water partition coefficient (Wildman–Crippen LogP) is 2.23. The molecule has 0 aliphatic heterocycles. The lowest BCUT2D eigenvalue weighted by Gasteiger charge is -2.24. The molecule has 0 atom stereocenters. The van der Waals surface area contributed by atoms with Gasteiger partial charge in [-0.2, -0.15) is 0 Å². The summed E-state index contributed by atoms with van der Waals surface area (Å²) in [5.41, 5.74) is 4.11. The van der Waals surface area contributed by atoms with Crippen LogP contribution in [0.5, 0.6) is 0 Å². The van der Waals surface area contributed by atoms with Gasteiger partial charge in [0, 0.05) is 13.6 Å². The number of nitrogens with zero attached hydrogens (tertiary/aromatic N) is 1. The van der Waals surface area contributed by atoms with E-state index < -0.39 is 5.60 Å². The molecule has 1 amide bonds. The van der Waals surface area contributed by atoms with E-state index >= 15 is 0 Å². The maximum atomic E-state index is 11.4. The van der Waals surface area contributed by atoms with Crippen LogP contribution in [0.2, 0.25) is 0 Å². The molecule has 4 heteroatoms. The molecule has 0 aromatic heterocycles. The monoisotopic (exact) mass is 218 g/mol. The highest BCUT2D eigenvalue weighted by atomic mass is 16.6. The van der Waals surface area contributed by atoms with E-state index in [0.717, 1.165) is 19.4 Å². The van der Waals surface area contributed by atoms with Crippen molar-refractivity contribution in [1.29, 1.82) is 0 Å². The van der Waals surface area contributed by atoms with Gasteiger partial charge in [-0.05, 0) is 34.2 Å². The van der Waals surface area contributed by atoms with E-state index in [4.69, 9.17) is 4.74 Å². The molecule has 0 saturated heterocycles. The zero-order chi connectivity index (χ0) is 12.5. The van der Waals surface area contributed by atoms with Crippen molar-refractivity contribution in [2.75, 3.05) is 20.6 Å². The lowest BCUT2D eigenvalue weighted by atomic mass is 10.2. The highest BCUT2D eigenvalue weighted by Crippen LogP contribution is 2.09. The molecule has 92 valence electrons. The van der Waals surface area contributed by atoms with Crippen LogP contribution in [0.3, 0.4) is 0 Å². The minimum absolute atomic E-state index is 0.235. The Hall–Kier alpha value is -0.770. The Morgan fingerprint density at radius 3 is 2.13 bits per heavy atom. The summed E-state index contributed by atoms with van der Waals surface area (Å²) in [6.45, 7) is 8.49. The third-order valence-corrected chi connectivity index (χ3v) is 1.55. The van der Waals surface area contributed by atoms with E-state index in [1.54, 1.807) is 11.9 Å². The molecule has 0 rings (SSSR count). The van der Waals surface area contributed by atoms with Gasteiger partial charge in [-0.25, -0.2) is 4.79 Å². The van der Waals surface area contributed by atoms with Crippen LogP contribution in [-0.4, -0.2) is 37.2 Å². The summed E-state index contributed by atoms with van der Waals surface area (Å²) in [6, 6.07) is 0. The summed E-state index contributed by atoms with van der Waals surface area (Å²) in [5.74, 6) is 0. The van der Waals surface area contributed by atoms with Crippen LogP contribution in [-0.2, 0) is 4.74 Å². The number of rotatable bonds is 3. The van der Waals surface area contributed by atoms with Gasteiger partial charge < -0.3 is 15.4 Å². The molecule has 0 heterocycles. The lowest BCUT2D eigenvalue weighted by molar-refractivity contribution is 0.0297. The third-order valence-electron chi connectivity index (χ3n) is 1.55. The standard InChI is InChI=1S/C10H21NO2.CH5N/c1-6-7-8-11(5)9(12)13-10(2,3)4;1-2/h6-8H2,1-5H3;2H2,1H3. The molecule has 0 unspecified atom stereocenters. The van der Waals surface area contributed by atoms with E-state index in [9.17, 15) is 4.79 Å². The Kier molecular flexibility index (Phi) is 9.47. The zero-order valence-electron chi connectivity index (χ0n) is 11.0. The summed E-state index contributed by atoms with van der Waals surface area (Å²) >= 11 is 0. The number of amides is 1. The number of ether oxygens (including phenoxy) is 1. The second-order valence-corrected chi connectivity index (χ2v) is 4.26. The number of carbonyl (C=O) groups is 1. The molecule has 0 aliphatic rings. The second-order valence-electron chi connectivity index (χ2n) is 4.26. The largest absolute Gasteiger partial charge is 0.444 e. The molecule has 0 saturated carbocycles. The van der Waals surface area contributed by atoms with Crippen LogP contribution in [0.4, 0.5) is 4.79 Å². The van der Waals surface area contributed by atoms with Crippen molar-refractivity contribution in [3.63, 3.8) is 0 Å². The van der Waals surface area contributed by atoms with E-state index in [1.165, 1.54) is 7.05 Å². The van der Waals surface area contributed by atoms with Crippen LogP contribution >= 0.6 is 0 Å². The smallest absolute Gasteiger partial charge is 0.410 e. The molecule has 0 bridgehead atoms. The van der Waals surface area contributed by atoms with E-state index in [-0.39, 0.29) is 6.09 Å². The summed E-state index contributed by atoms with van der Waals surface area (Å²) < 4.78 is 5.18. The van der Waals surface area contributed by atoms with Crippen LogP contribution < -0.4 is 5.73 Å². The Morgan fingerprint density at radius 1 is 1.33 bits per heavy atom. The van der Waals surface area contributed by atoms with E-state index in [0.29, 0.717) is 0 Å². The molecular weight excluding hydrogens is 192 g/mol. The number of hydrogen-bond acceptors (Lipinski definition) is 3. The summed E-state index contributed by atoms with van der Waals surface area (Å²) in [6.07, 6.45) is 1.88. The lowest BCUT2D eigenvalue weighted by Crippen LogP contribution is -2.34. The fourth-order valence-corrected chi connectivity index (χ4v) is 0.826. The van der Waals surface area contributed by atoms with Crippen molar-refractivity contribution in [1.82, 2.24) is 4.90 Å². The van der Waals surface area contributed by atoms with Gasteiger partial charge in [0.25, 0.3) is 0 Å². The quantitative estimate of drug-likeness (QED) is 0.790. The topological polar surface area (TPSA) is 55.6 Å². The Balaban J connectivity index is 0. The first-order valence-corrected chi connectivity index (χ1v) is 5.38. The van der Waals surface area contributed by atoms with Gasteiger partial charge in [0.15, 0.2) is 0 Å². The summed E-state index contributed by atoms with van der Waals surface area (Å²) in [5, 5.41) is 0. The molecule has 15 heavy (non-hydrogen) atoms.